The maximum Gasteiger partial charge on any atom is 0.255 e. The van der Waals surface area contributed by atoms with Crippen LogP contribution >= 0.6 is 23.2 Å². The molecule has 2 rings (SSSR count). The normalized spacial score (nSPS) is 10.3. The number of rotatable bonds is 6. The topological polar surface area (TPSA) is 58.2 Å². The number of amides is 2. The summed E-state index contributed by atoms with van der Waals surface area (Å²) in [7, 11) is 0. The molecular weight excluding hydrogens is 354 g/mol. The molecule has 2 aromatic rings. The van der Waals surface area contributed by atoms with Gasteiger partial charge in [-0.3, -0.25) is 9.59 Å². The molecule has 0 aliphatic carbocycles. The summed E-state index contributed by atoms with van der Waals surface area (Å²) in [6.07, 6.45) is 0.630. The molecule has 0 unspecified atom stereocenters. The van der Waals surface area contributed by atoms with Crippen LogP contribution in [0.5, 0.6) is 0 Å². The van der Waals surface area contributed by atoms with Crippen LogP contribution in [0.2, 0.25) is 10.0 Å². The summed E-state index contributed by atoms with van der Waals surface area (Å²) in [5, 5.41) is 5.90. The number of hydrogen-bond donors (Lipinski definition) is 2. The van der Waals surface area contributed by atoms with E-state index in [0.717, 1.165) is 0 Å². The highest BCUT2D eigenvalue weighted by atomic mass is 35.5. The highest BCUT2D eigenvalue weighted by molar-refractivity contribution is 6.33. The molecule has 0 aliphatic heterocycles. The Kier molecular flexibility index (Phi) is 6.58. The Bertz CT molecular complexity index is 716. The number of anilines is 1. The number of halogens is 3. The van der Waals surface area contributed by atoms with Gasteiger partial charge in [0.15, 0.2) is 0 Å². The summed E-state index contributed by atoms with van der Waals surface area (Å²) in [4.78, 5) is 23.7. The summed E-state index contributed by atoms with van der Waals surface area (Å²) in [6.45, 7) is 0.234. The van der Waals surface area contributed by atoms with Crippen LogP contribution in [0.1, 0.15) is 23.2 Å². The maximum absolute atomic E-state index is 13.6. The Hall–Kier alpha value is -2.11. The number of carbonyl (C=O) groups is 2. The fourth-order valence-corrected chi connectivity index (χ4v) is 2.39. The molecule has 0 aliphatic rings. The Morgan fingerprint density at radius 2 is 1.75 bits per heavy atom. The first-order chi connectivity index (χ1) is 11.5. The molecule has 4 nitrogen and oxygen atoms in total. The maximum atomic E-state index is 13.6. The lowest BCUT2D eigenvalue weighted by Gasteiger charge is -2.08. The Labute approximate surface area is 149 Å². The van der Waals surface area contributed by atoms with E-state index in [2.05, 4.69) is 10.6 Å². The van der Waals surface area contributed by atoms with Gasteiger partial charge < -0.3 is 10.6 Å². The van der Waals surface area contributed by atoms with Gasteiger partial charge in [0.05, 0.1) is 10.6 Å². The Morgan fingerprint density at radius 1 is 1.04 bits per heavy atom. The van der Waals surface area contributed by atoms with Crippen LogP contribution in [0.4, 0.5) is 10.1 Å². The van der Waals surface area contributed by atoms with Gasteiger partial charge in [-0.25, -0.2) is 4.39 Å². The van der Waals surface area contributed by atoms with Crippen molar-refractivity contribution in [1.29, 1.82) is 0 Å². The zero-order chi connectivity index (χ0) is 17.5. The third-order valence-electron chi connectivity index (χ3n) is 3.18. The van der Waals surface area contributed by atoms with Crippen molar-refractivity contribution in [2.75, 3.05) is 11.9 Å². The molecule has 2 aromatic carbocycles. The van der Waals surface area contributed by atoms with E-state index >= 15 is 0 Å². The lowest BCUT2D eigenvalue weighted by molar-refractivity contribution is -0.116. The predicted octanol–water partition coefficient (Wildman–Crippen LogP) is 4.28. The molecule has 24 heavy (non-hydrogen) atoms. The molecule has 0 saturated carbocycles. The number of hydrogen-bond acceptors (Lipinski definition) is 2. The Balaban J connectivity index is 1.75. The van der Waals surface area contributed by atoms with E-state index in [-0.39, 0.29) is 29.5 Å². The average Bonchev–Trinajstić information content (AvgIpc) is 2.53. The van der Waals surface area contributed by atoms with Gasteiger partial charge in [-0.15, -0.1) is 0 Å². The number of nitrogens with one attached hydrogen (secondary N) is 2. The van der Waals surface area contributed by atoms with Crippen LogP contribution in [0.15, 0.2) is 42.5 Å². The molecule has 2 N–H and O–H groups in total. The molecule has 0 spiro atoms. The molecule has 0 bridgehead atoms. The second-order valence-corrected chi connectivity index (χ2v) is 5.85. The van der Waals surface area contributed by atoms with Crippen LogP contribution in [-0.2, 0) is 4.79 Å². The van der Waals surface area contributed by atoms with Crippen molar-refractivity contribution >= 4 is 40.7 Å². The van der Waals surface area contributed by atoms with E-state index in [4.69, 9.17) is 23.2 Å². The summed E-state index contributed by atoms with van der Waals surface area (Å²) >= 11 is 11.6. The van der Waals surface area contributed by atoms with E-state index in [1.165, 1.54) is 18.2 Å². The monoisotopic (exact) mass is 368 g/mol. The van der Waals surface area contributed by atoms with Crippen LogP contribution in [0, 0.1) is 5.82 Å². The summed E-state index contributed by atoms with van der Waals surface area (Å²) in [5.41, 5.74) is 0.455. The highest BCUT2D eigenvalue weighted by Gasteiger charge is 2.15. The van der Waals surface area contributed by atoms with Crippen LogP contribution in [-0.4, -0.2) is 18.4 Å². The van der Waals surface area contributed by atoms with Crippen LogP contribution in [0.3, 0.4) is 0 Å². The van der Waals surface area contributed by atoms with Crippen LogP contribution < -0.4 is 10.6 Å². The largest absolute Gasteiger partial charge is 0.352 e. The predicted molar refractivity (Wildman–Crippen MR) is 93.1 cm³/mol. The standard InChI is InChI=1S/C17H15Cl2FN2O2/c18-11-6-8-12(9-7-11)22-15(23)5-2-10-21-17(24)16-13(19)3-1-4-14(16)20/h1,3-4,6-9H,2,5,10H2,(H,21,24)(H,22,23). The Morgan fingerprint density at radius 3 is 2.42 bits per heavy atom. The molecule has 0 saturated heterocycles. The molecule has 0 heterocycles. The third kappa shape index (κ3) is 5.22. The van der Waals surface area contributed by atoms with Crippen molar-refractivity contribution in [2.45, 2.75) is 12.8 Å². The summed E-state index contributed by atoms with van der Waals surface area (Å²) in [5.74, 6) is -1.47. The molecule has 0 atom stereocenters. The van der Waals surface area contributed by atoms with Gasteiger partial charge in [0, 0.05) is 23.7 Å². The van der Waals surface area contributed by atoms with E-state index in [1.807, 2.05) is 0 Å². The van der Waals surface area contributed by atoms with E-state index < -0.39 is 11.7 Å². The molecule has 0 fully saturated rings. The molecule has 0 aromatic heterocycles. The fourth-order valence-electron chi connectivity index (χ4n) is 2.01. The number of carbonyl (C=O) groups excluding carboxylic acids is 2. The first-order valence-corrected chi connectivity index (χ1v) is 8.00. The SMILES string of the molecule is O=C(CCCNC(=O)c1c(F)cccc1Cl)Nc1ccc(Cl)cc1. The van der Waals surface area contributed by atoms with Crippen molar-refractivity contribution in [3.63, 3.8) is 0 Å². The third-order valence-corrected chi connectivity index (χ3v) is 3.75. The van der Waals surface area contributed by atoms with Gasteiger partial charge in [0.2, 0.25) is 5.91 Å². The minimum absolute atomic E-state index is 0.0491. The molecule has 126 valence electrons. The fraction of sp³-hybridized carbons (Fsp3) is 0.176. The lowest BCUT2D eigenvalue weighted by atomic mass is 10.2. The van der Waals surface area contributed by atoms with Gasteiger partial charge in [0.1, 0.15) is 5.82 Å². The zero-order valence-corrected chi connectivity index (χ0v) is 14.1. The minimum atomic E-state index is -0.680. The highest BCUT2D eigenvalue weighted by Crippen LogP contribution is 2.18. The second kappa shape index (κ2) is 8.66. The smallest absolute Gasteiger partial charge is 0.255 e. The zero-order valence-electron chi connectivity index (χ0n) is 12.6. The first-order valence-electron chi connectivity index (χ1n) is 7.25. The minimum Gasteiger partial charge on any atom is -0.352 e. The molecule has 2 amide bonds. The quantitative estimate of drug-likeness (QED) is 0.747. The molecule has 0 radical (unpaired) electrons. The molecular formula is C17H15Cl2FN2O2. The van der Waals surface area contributed by atoms with Crippen molar-refractivity contribution in [3.8, 4) is 0 Å². The van der Waals surface area contributed by atoms with Gasteiger partial charge in [-0.1, -0.05) is 29.3 Å². The summed E-state index contributed by atoms with van der Waals surface area (Å²) < 4.78 is 13.6. The van der Waals surface area contributed by atoms with E-state index in [0.29, 0.717) is 17.1 Å². The van der Waals surface area contributed by atoms with Gasteiger partial charge >= 0.3 is 0 Å². The van der Waals surface area contributed by atoms with E-state index in [1.54, 1.807) is 24.3 Å². The van der Waals surface area contributed by atoms with Crippen LogP contribution in [0.25, 0.3) is 0 Å². The average molecular weight is 369 g/mol. The number of benzene rings is 2. The van der Waals surface area contributed by atoms with Gasteiger partial charge in [-0.05, 0) is 42.8 Å². The van der Waals surface area contributed by atoms with Crippen molar-refractivity contribution in [3.05, 3.63) is 63.9 Å². The lowest BCUT2D eigenvalue weighted by Crippen LogP contribution is -2.26. The first kappa shape index (κ1) is 18.2. The van der Waals surface area contributed by atoms with Crippen molar-refractivity contribution < 1.29 is 14.0 Å². The summed E-state index contributed by atoms with van der Waals surface area (Å²) in [6, 6.07) is 10.8. The van der Waals surface area contributed by atoms with Gasteiger partial charge in [0.25, 0.3) is 5.91 Å². The van der Waals surface area contributed by atoms with Crippen molar-refractivity contribution in [1.82, 2.24) is 5.32 Å². The van der Waals surface area contributed by atoms with E-state index in [9.17, 15) is 14.0 Å². The molecule has 7 heteroatoms. The van der Waals surface area contributed by atoms with Crippen molar-refractivity contribution in [2.24, 2.45) is 0 Å². The second-order valence-electron chi connectivity index (χ2n) is 5.01. The van der Waals surface area contributed by atoms with Gasteiger partial charge in [-0.2, -0.15) is 0 Å².